The Morgan fingerprint density at radius 2 is 2.04 bits per heavy atom. The minimum absolute atomic E-state index is 0.0224. The summed E-state index contributed by atoms with van der Waals surface area (Å²) in [6.07, 6.45) is 3.29. The smallest absolute Gasteiger partial charge is 0.254 e. The maximum absolute atomic E-state index is 12.5. The Balaban J connectivity index is 1.81. The van der Waals surface area contributed by atoms with Crippen LogP contribution in [0.5, 0.6) is 0 Å². The average Bonchev–Trinajstić information content (AvgIpc) is 2.65. The van der Waals surface area contributed by atoms with Gasteiger partial charge in [-0.15, -0.1) is 0 Å². The van der Waals surface area contributed by atoms with E-state index in [1.807, 2.05) is 47.0 Å². The molecule has 1 amide bonds. The van der Waals surface area contributed by atoms with Gasteiger partial charge in [-0.25, -0.2) is 9.98 Å². The summed E-state index contributed by atoms with van der Waals surface area (Å²) in [5.74, 6) is 0.614. The van der Waals surface area contributed by atoms with Crippen LogP contribution in [0.3, 0.4) is 0 Å². The second kappa shape index (κ2) is 8.29. The zero-order valence-corrected chi connectivity index (χ0v) is 16.1. The highest BCUT2D eigenvalue weighted by Gasteiger charge is 2.18. The lowest BCUT2D eigenvalue weighted by Crippen LogP contribution is -2.40. The van der Waals surface area contributed by atoms with Gasteiger partial charge in [-0.05, 0) is 40.2 Å². The fourth-order valence-corrected chi connectivity index (χ4v) is 3.16. The molecule has 1 fully saturated rings. The lowest BCUT2D eigenvalue weighted by molar-refractivity contribution is 0.0303. The molecule has 1 saturated heterocycles. The van der Waals surface area contributed by atoms with Gasteiger partial charge in [-0.1, -0.05) is 6.58 Å². The summed E-state index contributed by atoms with van der Waals surface area (Å²) in [7, 11) is 1.88. The van der Waals surface area contributed by atoms with E-state index in [1.165, 1.54) is 6.20 Å². The minimum atomic E-state index is 0.0224. The SMILES string of the molecule is C=CN=c1c(Nc2ccc(C(=O)N3CCOCC3)cc2)nc(Br)cn1C. The van der Waals surface area contributed by atoms with Crippen LogP contribution >= 0.6 is 15.9 Å². The van der Waals surface area contributed by atoms with Crippen molar-refractivity contribution in [3.63, 3.8) is 0 Å². The number of aryl methyl sites for hydroxylation is 1. The highest BCUT2D eigenvalue weighted by atomic mass is 79.9. The molecule has 1 aromatic heterocycles. The van der Waals surface area contributed by atoms with Crippen LogP contribution in [0.1, 0.15) is 10.4 Å². The van der Waals surface area contributed by atoms with Crippen molar-refractivity contribution in [1.29, 1.82) is 0 Å². The van der Waals surface area contributed by atoms with Crippen molar-refractivity contribution in [2.75, 3.05) is 31.6 Å². The van der Waals surface area contributed by atoms with Gasteiger partial charge in [0.2, 0.25) is 0 Å². The van der Waals surface area contributed by atoms with Crippen molar-refractivity contribution in [2.45, 2.75) is 0 Å². The normalized spacial score (nSPS) is 15.0. The topological polar surface area (TPSA) is 71.8 Å². The number of morpholine rings is 1. The van der Waals surface area contributed by atoms with E-state index in [4.69, 9.17) is 4.74 Å². The van der Waals surface area contributed by atoms with E-state index in [9.17, 15) is 4.79 Å². The van der Waals surface area contributed by atoms with Gasteiger partial charge in [-0.2, -0.15) is 0 Å². The first kappa shape index (κ1) is 18.3. The first-order chi connectivity index (χ1) is 12.6. The molecule has 8 heteroatoms. The highest BCUT2D eigenvalue weighted by Crippen LogP contribution is 2.16. The third-order valence-corrected chi connectivity index (χ3v) is 4.35. The predicted octanol–water partition coefficient (Wildman–Crippen LogP) is 2.44. The van der Waals surface area contributed by atoms with Gasteiger partial charge in [0.15, 0.2) is 11.3 Å². The first-order valence-corrected chi connectivity index (χ1v) is 9.00. The minimum Gasteiger partial charge on any atom is -0.378 e. The second-order valence-electron chi connectivity index (χ2n) is 5.77. The van der Waals surface area contributed by atoms with E-state index in [0.29, 0.717) is 47.8 Å². The molecule has 0 bridgehead atoms. The second-order valence-corrected chi connectivity index (χ2v) is 6.58. The number of nitrogens with zero attached hydrogens (tertiary/aromatic N) is 4. The molecule has 1 aromatic carbocycles. The van der Waals surface area contributed by atoms with E-state index in [-0.39, 0.29) is 5.91 Å². The summed E-state index contributed by atoms with van der Waals surface area (Å²) in [6, 6.07) is 7.33. The van der Waals surface area contributed by atoms with E-state index in [1.54, 1.807) is 0 Å². The van der Waals surface area contributed by atoms with Crippen molar-refractivity contribution in [1.82, 2.24) is 14.5 Å². The van der Waals surface area contributed by atoms with Crippen molar-refractivity contribution in [2.24, 2.45) is 12.0 Å². The largest absolute Gasteiger partial charge is 0.378 e. The molecule has 0 radical (unpaired) electrons. The van der Waals surface area contributed by atoms with Crippen molar-refractivity contribution < 1.29 is 9.53 Å². The fourth-order valence-electron chi connectivity index (χ4n) is 2.68. The number of amides is 1. The third-order valence-electron chi connectivity index (χ3n) is 3.97. The predicted molar refractivity (Wildman–Crippen MR) is 103 cm³/mol. The maximum atomic E-state index is 12.5. The summed E-state index contributed by atoms with van der Waals surface area (Å²) in [4.78, 5) is 23.0. The summed E-state index contributed by atoms with van der Waals surface area (Å²) in [5.41, 5.74) is 2.12. The number of benzene rings is 1. The molecular weight excluding hydrogens is 398 g/mol. The van der Waals surface area contributed by atoms with Gasteiger partial charge in [0, 0.05) is 43.8 Å². The molecule has 136 valence electrons. The molecule has 1 aliphatic heterocycles. The number of rotatable bonds is 4. The first-order valence-electron chi connectivity index (χ1n) is 8.20. The summed E-state index contributed by atoms with van der Waals surface area (Å²) >= 11 is 3.39. The van der Waals surface area contributed by atoms with Crippen LogP contribution in [0.2, 0.25) is 0 Å². The molecule has 1 aliphatic rings. The van der Waals surface area contributed by atoms with Crippen molar-refractivity contribution in [3.05, 3.63) is 58.9 Å². The highest BCUT2D eigenvalue weighted by molar-refractivity contribution is 9.10. The molecule has 26 heavy (non-hydrogen) atoms. The molecule has 0 aliphatic carbocycles. The molecule has 2 aromatic rings. The number of ether oxygens (including phenoxy) is 1. The number of aromatic nitrogens is 2. The van der Waals surface area contributed by atoms with Crippen LogP contribution in [0.4, 0.5) is 11.5 Å². The average molecular weight is 418 g/mol. The Kier molecular flexibility index (Phi) is 5.85. The van der Waals surface area contributed by atoms with E-state index in [0.717, 1.165) is 5.69 Å². The molecule has 0 atom stereocenters. The molecule has 3 rings (SSSR count). The molecule has 7 nitrogen and oxygen atoms in total. The van der Waals surface area contributed by atoms with Gasteiger partial charge in [0.25, 0.3) is 5.91 Å². The molecule has 0 saturated carbocycles. The number of carbonyl (C=O) groups is 1. The number of hydrogen-bond acceptors (Lipinski definition) is 5. The lowest BCUT2D eigenvalue weighted by Gasteiger charge is -2.26. The monoisotopic (exact) mass is 417 g/mol. The fraction of sp³-hybridized carbons (Fsp3) is 0.278. The lowest BCUT2D eigenvalue weighted by atomic mass is 10.1. The Bertz CT molecular complexity index is 870. The van der Waals surface area contributed by atoms with Crippen molar-refractivity contribution in [3.8, 4) is 0 Å². The van der Waals surface area contributed by atoms with Gasteiger partial charge >= 0.3 is 0 Å². The van der Waals surface area contributed by atoms with Crippen molar-refractivity contribution >= 4 is 33.3 Å². The Morgan fingerprint density at radius 1 is 1.35 bits per heavy atom. The molecule has 0 spiro atoms. The van der Waals surface area contributed by atoms with Gasteiger partial charge in [0.05, 0.1) is 13.2 Å². The van der Waals surface area contributed by atoms with Gasteiger partial charge in [0.1, 0.15) is 4.60 Å². The quantitative estimate of drug-likeness (QED) is 0.828. The summed E-state index contributed by atoms with van der Waals surface area (Å²) in [5, 5.41) is 3.24. The number of hydrogen-bond donors (Lipinski definition) is 1. The van der Waals surface area contributed by atoms with Crippen LogP contribution in [-0.4, -0.2) is 46.7 Å². The Hall–Kier alpha value is -2.45. The van der Waals surface area contributed by atoms with E-state index < -0.39 is 0 Å². The van der Waals surface area contributed by atoms with E-state index in [2.05, 4.69) is 37.8 Å². The van der Waals surface area contributed by atoms with E-state index >= 15 is 0 Å². The molecule has 2 heterocycles. The van der Waals surface area contributed by atoms with Crippen LogP contribution in [0, 0.1) is 0 Å². The molecule has 1 N–H and O–H groups in total. The van der Waals surface area contributed by atoms with Gasteiger partial charge < -0.3 is 19.5 Å². The van der Waals surface area contributed by atoms with Crippen LogP contribution in [0.15, 0.2) is 52.8 Å². The zero-order chi connectivity index (χ0) is 18.5. The number of carbonyl (C=O) groups excluding carboxylic acids is 1. The Labute approximate surface area is 160 Å². The van der Waals surface area contributed by atoms with Crippen LogP contribution < -0.4 is 10.8 Å². The zero-order valence-electron chi connectivity index (χ0n) is 14.5. The maximum Gasteiger partial charge on any atom is 0.254 e. The van der Waals surface area contributed by atoms with Crippen LogP contribution in [0.25, 0.3) is 0 Å². The molecule has 0 unspecified atom stereocenters. The number of anilines is 2. The van der Waals surface area contributed by atoms with Gasteiger partial charge in [-0.3, -0.25) is 4.79 Å². The standard InChI is InChI=1S/C18H20BrN5O2/c1-3-20-17-16(22-15(19)12-23(17)2)21-14-6-4-13(5-7-14)18(25)24-8-10-26-11-9-24/h3-7,12H,1,8-11H2,2H3,(H,21,22). The third kappa shape index (κ3) is 4.20. The Morgan fingerprint density at radius 3 is 2.69 bits per heavy atom. The number of nitrogens with one attached hydrogen (secondary N) is 1. The molecular formula is C18H20BrN5O2. The summed E-state index contributed by atoms with van der Waals surface area (Å²) < 4.78 is 7.82. The van der Waals surface area contributed by atoms with Crippen LogP contribution in [-0.2, 0) is 11.8 Å². The summed E-state index contributed by atoms with van der Waals surface area (Å²) in [6.45, 7) is 6.08. The number of halogens is 1.